The molecule has 186 valence electrons. The van der Waals surface area contributed by atoms with Gasteiger partial charge in [0, 0.05) is 17.3 Å². The first-order valence-electron chi connectivity index (χ1n) is 10.7. The van der Waals surface area contributed by atoms with Gasteiger partial charge in [0.2, 0.25) is 11.9 Å². The average molecular weight is 522 g/mol. The molecular formula is C23H25Cl2N5O5. The topological polar surface area (TPSA) is 127 Å². The van der Waals surface area contributed by atoms with Crippen LogP contribution < -0.4 is 26.7 Å². The molecule has 3 N–H and O–H groups in total. The number of hydrogen-bond donors (Lipinski definition) is 3. The van der Waals surface area contributed by atoms with Crippen LogP contribution >= 0.6 is 23.2 Å². The minimum absolute atomic E-state index is 0.00308. The molecule has 0 saturated carbocycles. The van der Waals surface area contributed by atoms with E-state index < -0.39 is 23.8 Å². The molecule has 1 aromatic heterocycles. The molecule has 0 saturated heterocycles. The van der Waals surface area contributed by atoms with Crippen LogP contribution in [0.5, 0.6) is 5.75 Å². The lowest BCUT2D eigenvalue weighted by atomic mass is 10.2. The van der Waals surface area contributed by atoms with Crippen molar-refractivity contribution in [2.45, 2.75) is 33.0 Å². The molecule has 2 aromatic carbocycles. The van der Waals surface area contributed by atoms with Gasteiger partial charge in [-0.1, -0.05) is 35.3 Å². The fraction of sp³-hybridized carbons (Fsp3) is 0.304. The average Bonchev–Trinajstić information content (AvgIpc) is 2.80. The second kappa shape index (κ2) is 11.9. The first-order chi connectivity index (χ1) is 16.7. The molecule has 0 aliphatic heterocycles. The summed E-state index contributed by atoms with van der Waals surface area (Å²) in [5, 5.41) is 15.1. The molecule has 0 radical (unpaired) electrons. The number of nitrogens with one attached hydrogen (secondary N) is 2. The van der Waals surface area contributed by atoms with Crippen molar-refractivity contribution in [2.24, 2.45) is 0 Å². The lowest BCUT2D eigenvalue weighted by Crippen LogP contribution is -2.46. The maximum absolute atomic E-state index is 13.3. The highest BCUT2D eigenvalue weighted by Crippen LogP contribution is 2.29. The van der Waals surface area contributed by atoms with Gasteiger partial charge < -0.3 is 20.5 Å². The third-order valence-corrected chi connectivity index (χ3v) is 5.24. The number of aliphatic hydroxyl groups is 1. The zero-order valence-corrected chi connectivity index (χ0v) is 20.6. The Bertz CT molecular complexity index is 1310. The Morgan fingerprint density at radius 3 is 2.46 bits per heavy atom. The van der Waals surface area contributed by atoms with E-state index in [2.05, 4.69) is 15.6 Å². The van der Waals surface area contributed by atoms with E-state index in [1.165, 1.54) is 4.57 Å². The second-order valence-electron chi connectivity index (χ2n) is 7.81. The van der Waals surface area contributed by atoms with Gasteiger partial charge in [0.05, 0.1) is 24.3 Å². The molecule has 35 heavy (non-hydrogen) atoms. The summed E-state index contributed by atoms with van der Waals surface area (Å²) >= 11 is 12.3. The van der Waals surface area contributed by atoms with Crippen LogP contribution in [0.25, 0.3) is 0 Å². The SMILES string of the molecule is CC(C)Oc1ccc(Nc2nc(=O)n(CC(=O)NCCO)c(=O)n2Cc2ccc(Cl)cc2)cc1Cl. The molecule has 0 unspecified atom stereocenters. The monoisotopic (exact) mass is 521 g/mol. The van der Waals surface area contributed by atoms with Gasteiger partial charge in [0.15, 0.2) is 0 Å². The number of benzene rings is 2. The summed E-state index contributed by atoms with van der Waals surface area (Å²) < 4.78 is 7.59. The molecule has 0 fully saturated rings. The molecule has 0 spiro atoms. The number of hydrogen-bond acceptors (Lipinski definition) is 7. The van der Waals surface area contributed by atoms with Crippen LogP contribution in [0.2, 0.25) is 10.0 Å². The van der Waals surface area contributed by atoms with E-state index in [0.717, 1.165) is 10.1 Å². The van der Waals surface area contributed by atoms with Gasteiger partial charge in [-0.05, 0) is 49.7 Å². The summed E-state index contributed by atoms with van der Waals surface area (Å²) in [4.78, 5) is 42.0. The number of carbonyl (C=O) groups excluding carboxylic acids is 1. The first-order valence-corrected chi connectivity index (χ1v) is 11.5. The second-order valence-corrected chi connectivity index (χ2v) is 8.65. The largest absolute Gasteiger partial charge is 0.489 e. The molecule has 1 amide bonds. The predicted octanol–water partition coefficient (Wildman–Crippen LogP) is 2.40. The van der Waals surface area contributed by atoms with Crippen LogP contribution in [0.1, 0.15) is 19.4 Å². The first kappa shape index (κ1) is 26.3. The number of rotatable bonds is 10. The summed E-state index contributed by atoms with van der Waals surface area (Å²) in [6.07, 6.45) is -0.0697. The van der Waals surface area contributed by atoms with E-state index in [4.69, 9.17) is 33.0 Å². The minimum Gasteiger partial charge on any atom is -0.489 e. The Kier molecular flexibility index (Phi) is 8.91. The third-order valence-electron chi connectivity index (χ3n) is 4.69. The summed E-state index contributed by atoms with van der Waals surface area (Å²) in [7, 11) is 0. The van der Waals surface area contributed by atoms with Crippen LogP contribution in [0, 0.1) is 0 Å². The van der Waals surface area contributed by atoms with Gasteiger partial charge in [-0.25, -0.2) is 14.2 Å². The van der Waals surface area contributed by atoms with E-state index >= 15 is 0 Å². The summed E-state index contributed by atoms with van der Waals surface area (Å²) in [6, 6.07) is 11.7. The Morgan fingerprint density at radius 1 is 1.11 bits per heavy atom. The highest BCUT2D eigenvalue weighted by atomic mass is 35.5. The fourth-order valence-corrected chi connectivity index (χ4v) is 3.48. The summed E-state index contributed by atoms with van der Waals surface area (Å²) in [5.74, 6) is -0.148. The van der Waals surface area contributed by atoms with Crippen LogP contribution in [-0.2, 0) is 17.9 Å². The van der Waals surface area contributed by atoms with Gasteiger partial charge in [0.25, 0.3) is 0 Å². The minimum atomic E-state index is -0.908. The van der Waals surface area contributed by atoms with E-state index in [-0.39, 0.29) is 31.7 Å². The third kappa shape index (κ3) is 7.08. The molecule has 0 aliphatic rings. The predicted molar refractivity (Wildman–Crippen MR) is 134 cm³/mol. The highest BCUT2D eigenvalue weighted by Gasteiger charge is 2.17. The zero-order valence-electron chi connectivity index (χ0n) is 19.1. The van der Waals surface area contributed by atoms with Crippen LogP contribution in [0.15, 0.2) is 52.1 Å². The van der Waals surface area contributed by atoms with Crippen molar-refractivity contribution in [3.8, 4) is 5.75 Å². The molecule has 1 heterocycles. The quantitative estimate of drug-likeness (QED) is 0.373. The lowest BCUT2D eigenvalue weighted by Gasteiger charge is -2.17. The lowest BCUT2D eigenvalue weighted by molar-refractivity contribution is -0.121. The van der Waals surface area contributed by atoms with Crippen molar-refractivity contribution in [3.05, 3.63) is 79.0 Å². The summed E-state index contributed by atoms with van der Waals surface area (Å²) in [6.45, 7) is 2.98. The fourth-order valence-electron chi connectivity index (χ4n) is 3.13. The number of ether oxygens (including phenoxy) is 1. The smallest absolute Gasteiger partial charge is 0.355 e. The number of amides is 1. The molecule has 0 atom stereocenters. The van der Waals surface area contributed by atoms with Gasteiger partial charge >= 0.3 is 11.4 Å². The Balaban J connectivity index is 2.01. The molecule has 3 rings (SSSR count). The number of carbonyl (C=O) groups is 1. The van der Waals surface area contributed by atoms with Crippen molar-refractivity contribution < 1.29 is 14.6 Å². The van der Waals surface area contributed by atoms with Crippen molar-refractivity contribution in [1.29, 1.82) is 0 Å². The molecular weight excluding hydrogens is 497 g/mol. The van der Waals surface area contributed by atoms with Crippen molar-refractivity contribution >= 4 is 40.7 Å². The molecule has 12 heteroatoms. The van der Waals surface area contributed by atoms with Gasteiger partial charge in [-0.15, -0.1) is 0 Å². The Morgan fingerprint density at radius 2 is 1.83 bits per heavy atom. The normalized spacial score (nSPS) is 10.9. The molecule has 10 nitrogen and oxygen atoms in total. The highest BCUT2D eigenvalue weighted by molar-refractivity contribution is 6.32. The van der Waals surface area contributed by atoms with Gasteiger partial charge in [-0.3, -0.25) is 9.36 Å². The van der Waals surface area contributed by atoms with Crippen molar-refractivity contribution in [3.63, 3.8) is 0 Å². The Hall–Kier alpha value is -3.34. The number of halogens is 2. The zero-order chi connectivity index (χ0) is 25.5. The summed E-state index contributed by atoms with van der Waals surface area (Å²) in [5.41, 5.74) is -0.460. The standard InChI is InChI=1S/C23H25Cl2N5O5/c1-14(2)35-19-8-7-17(11-18(19)25)27-21-28-22(33)30(13-20(32)26-9-10-31)23(34)29(21)12-15-3-5-16(24)6-4-15/h3-8,11,14,31H,9-10,12-13H2,1-2H3,(H,26,32)(H,27,28,33). The Labute approximate surface area is 211 Å². The molecule has 0 aliphatic carbocycles. The van der Waals surface area contributed by atoms with Crippen LogP contribution in [-0.4, -0.2) is 44.4 Å². The maximum atomic E-state index is 13.3. The number of nitrogens with zero attached hydrogens (tertiary/aromatic N) is 3. The molecule has 3 aromatic rings. The van der Waals surface area contributed by atoms with Crippen LogP contribution in [0.3, 0.4) is 0 Å². The molecule has 0 bridgehead atoms. The van der Waals surface area contributed by atoms with E-state index in [1.807, 2.05) is 13.8 Å². The van der Waals surface area contributed by atoms with Crippen LogP contribution in [0.4, 0.5) is 11.6 Å². The number of aliphatic hydroxyl groups excluding tert-OH is 1. The van der Waals surface area contributed by atoms with E-state index in [9.17, 15) is 14.4 Å². The number of anilines is 2. The van der Waals surface area contributed by atoms with E-state index in [1.54, 1.807) is 42.5 Å². The van der Waals surface area contributed by atoms with Gasteiger partial charge in [-0.2, -0.15) is 4.98 Å². The van der Waals surface area contributed by atoms with Crippen molar-refractivity contribution in [2.75, 3.05) is 18.5 Å². The number of aromatic nitrogens is 3. The van der Waals surface area contributed by atoms with Gasteiger partial charge in [0.1, 0.15) is 12.3 Å². The van der Waals surface area contributed by atoms with Crippen molar-refractivity contribution in [1.82, 2.24) is 19.4 Å². The van der Waals surface area contributed by atoms with E-state index in [0.29, 0.717) is 21.5 Å². The maximum Gasteiger partial charge on any atom is 0.355 e.